The van der Waals surface area contributed by atoms with Gasteiger partial charge in [-0.05, 0) is 55.3 Å². The average Bonchev–Trinajstić information content (AvgIpc) is 2.77. The van der Waals surface area contributed by atoms with E-state index >= 15 is 0 Å². The molecular formula is C22H27BrN2O4. The van der Waals surface area contributed by atoms with E-state index in [-0.39, 0.29) is 29.3 Å². The zero-order valence-corrected chi connectivity index (χ0v) is 18.7. The van der Waals surface area contributed by atoms with Crippen LogP contribution in [-0.2, 0) is 0 Å². The fraction of sp³-hybridized carbons (Fsp3) is 0.364. The molecule has 3 rings (SSSR count). The van der Waals surface area contributed by atoms with Crippen molar-refractivity contribution in [2.75, 3.05) is 39.3 Å². The Morgan fingerprint density at radius 2 is 1.69 bits per heavy atom. The average molecular weight is 463 g/mol. The Morgan fingerprint density at radius 1 is 0.966 bits per heavy atom. The zero-order valence-electron chi connectivity index (χ0n) is 17.0. The van der Waals surface area contributed by atoms with Crippen molar-refractivity contribution in [1.82, 2.24) is 0 Å². The number of carbonyl (C=O) groups is 1. The van der Waals surface area contributed by atoms with Crippen LogP contribution in [0.4, 0.5) is 5.69 Å². The van der Waals surface area contributed by atoms with Crippen molar-refractivity contribution in [3.05, 3.63) is 48.0 Å². The van der Waals surface area contributed by atoms with Gasteiger partial charge in [0.05, 0.1) is 27.9 Å². The predicted octanol–water partition coefficient (Wildman–Crippen LogP) is 4.56. The Bertz CT molecular complexity index is 852. The molecule has 1 aliphatic heterocycles. The summed E-state index contributed by atoms with van der Waals surface area (Å²) < 4.78 is 15.8. The van der Waals surface area contributed by atoms with Crippen LogP contribution in [0, 0.1) is 0 Å². The molecule has 0 saturated carbocycles. The Kier molecular flexibility index (Phi) is 8.51. The third-order valence-corrected chi connectivity index (χ3v) is 4.81. The second kappa shape index (κ2) is 10.9. The standard InChI is InChI=1S/C22H26N2O4.BrH/c1-26-18-10-8-17(9-11-18)24(22-6-4-5-13-23-22)15-19(25)16-7-12-20(27-2)21(14-16)28-3;/h7-12,14H,4-6,13,15H2,1-3H3;1H. The van der Waals surface area contributed by atoms with Gasteiger partial charge in [-0.1, -0.05) is 0 Å². The molecule has 0 N–H and O–H groups in total. The predicted molar refractivity (Wildman–Crippen MR) is 121 cm³/mol. The largest absolute Gasteiger partial charge is 0.497 e. The maximum atomic E-state index is 13.0. The minimum absolute atomic E-state index is 0. The molecule has 0 aliphatic carbocycles. The highest BCUT2D eigenvalue weighted by atomic mass is 79.9. The maximum Gasteiger partial charge on any atom is 0.182 e. The summed E-state index contributed by atoms with van der Waals surface area (Å²) in [5.41, 5.74) is 1.50. The maximum absolute atomic E-state index is 13.0. The summed E-state index contributed by atoms with van der Waals surface area (Å²) in [7, 11) is 4.77. The number of amidine groups is 1. The summed E-state index contributed by atoms with van der Waals surface area (Å²) in [6.45, 7) is 1.01. The second-order valence-corrected chi connectivity index (χ2v) is 6.53. The molecule has 0 fully saturated rings. The molecule has 7 heteroatoms. The number of benzene rings is 2. The highest BCUT2D eigenvalue weighted by Gasteiger charge is 2.21. The molecule has 6 nitrogen and oxygen atoms in total. The first-order valence-electron chi connectivity index (χ1n) is 9.36. The Morgan fingerprint density at radius 3 is 2.28 bits per heavy atom. The van der Waals surface area contributed by atoms with Crippen LogP contribution >= 0.6 is 17.0 Å². The minimum atomic E-state index is -0.00922. The molecule has 2 aromatic rings. The highest BCUT2D eigenvalue weighted by molar-refractivity contribution is 8.93. The molecule has 0 spiro atoms. The topological polar surface area (TPSA) is 60.4 Å². The normalized spacial score (nSPS) is 13.0. The van der Waals surface area contributed by atoms with Crippen LogP contribution in [0.1, 0.15) is 29.6 Å². The van der Waals surface area contributed by atoms with Gasteiger partial charge < -0.3 is 19.1 Å². The number of Topliss-reactive ketones (excluding diaryl/α,β-unsaturated/α-hetero) is 1. The van der Waals surface area contributed by atoms with Crippen LogP contribution in [0.15, 0.2) is 47.5 Å². The van der Waals surface area contributed by atoms with Crippen molar-refractivity contribution in [3.8, 4) is 17.2 Å². The Hall–Kier alpha value is -2.54. The van der Waals surface area contributed by atoms with E-state index in [9.17, 15) is 4.79 Å². The number of aliphatic imine (C=N–C) groups is 1. The summed E-state index contributed by atoms with van der Waals surface area (Å²) in [5.74, 6) is 2.86. The van der Waals surface area contributed by atoms with Crippen LogP contribution in [0.25, 0.3) is 0 Å². The van der Waals surface area contributed by atoms with E-state index in [1.54, 1.807) is 39.5 Å². The lowest BCUT2D eigenvalue weighted by Crippen LogP contribution is -2.37. The van der Waals surface area contributed by atoms with E-state index in [0.717, 1.165) is 43.1 Å². The van der Waals surface area contributed by atoms with E-state index < -0.39 is 0 Å². The first-order chi connectivity index (χ1) is 13.7. The van der Waals surface area contributed by atoms with E-state index in [2.05, 4.69) is 4.99 Å². The molecule has 0 saturated heterocycles. The molecule has 0 bridgehead atoms. The lowest BCUT2D eigenvalue weighted by Gasteiger charge is -2.28. The van der Waals surface area contributed by atoms with Crippen molar-refractivity contribution in [3.63, 3.8) is 0 Å². The highest BCUT2D eigenvalue weighted by Crippen LogP contribution is 2.28. The van der Waals surface area contributed by atoms with Crippen molar-refractivity contribution < 1.29 is 19.0 Å². The third kappa shape index (κ3) is 5.50. The van der Waals surface area contributed by atoms with E-state index in [1.165, 1.54) is 0 Å². The number of rotatable bonds is 7. The Balaban J connectivity index is 0.00000300. The van der Waals surface area contributed by atoms with Crippen LogP contribution in [0.2, 0.25) is 0 Å². The molecule has 0 atom stereocenters. The van der Waals surface area contributed by atoms with Crippen LogP contribution in [0.5, 0.6) is 17.2 Å². The molecule has 156 valence electrons. The molecule has 0 unspecified atom stereocenters. The summed E-state index contributed by atoms with van der Waals surface area (Å²) >= 11 is 0. The van der Waals surface area contributed by atoms with Gasteiger partial charge in [-0.2, -0.15) is 0 Å². The monoisotopic (exact) mass is 462 g/mol. The molecule has 1 aliphatic rings. The number of halogens is 1. The Labute approximate surface area is 182 Å². The van der Waals surface area contributed by atoms with Gasteiger partial charge in [0.1, 0.15) is 11.6 Å². The van der Waals surface area contributed by atoms with Crippen LogP contribution in [0.3, 0.4) is 0 Å². The van der Waals surface area contributed by atoms with E-state index in [4.69, 9.17) is 14.2 Å². The second-order valence-electron chi connectivity index (χ2n) is 6.53. The number of methoxy groups -OCH3 is 3. The number of nitrogens with zero attached hydrogens (tertiary/aromatic N) is 2. The van der Waals surface area contributed by atoms with E-state index in [1.807, 2.05) is 29.2 Å². The van der Waals surface area contributed by atoms with Crippen LogP contribution in [-0.4, -0.2) is 46.0 Å². The van der Waals surface area contributed by atoms with Gasteiger partial charge in [-0.3, -0.25) is 9.79 Å². The van der Waals surface area contributed by atoms with Crippen LogP contribution < -0.4 is 19.1 Å². The SMILES string of the molecule is Br.COc1ccc(N(CC(=O)c2ccc(OC)c(OC)c2)C2=NCCCC2)cc1. The smallest absolute Gasteiger partial charge is 0.182 e. The molecule has 2 aromatic carbocycles. The quantitative estimate of drug-likeness (QED) is 0.564. The van der Waals surface area contributed by atoms with Crippen molar-refractivity contribution >= 4 is 34.3 Å². The van der Waals surface area contributed by atoms with Gasteiger partial charge in [0.15, 0.2) is 17.3 Å². The van der Waals surface area contributed by atoms with Gasteiger partial charge in [-0.15, -0.1) is 17.0 Å². The fourth-order valence-electron chi connectivity index (χ4n) is 3.24. The molecule has 0 amide bonds. The summed E-state index contributed by atoms with van der Waals surface area (Å²) in [4.78, 5) is 19.7. The number of ether oxygens (including phenoxy) is 3. The zero-order chi connectivity index (χ0) is 19.9. The fourth-order valence-corrected chi connectivity index (χ4v) is 3.24. The first kappa shape index (κ1) is 22.7. The number of anilines is 1. The molecule has 0 radical (unpaired) electrons. The van der Waals surface area contributed by atoms with Crippen molar-refractivity contribution in [2.24, 2.45) is 4.99 Å². The van der Waals surface area contributed by atoms with Crippen molar-refractivity contribution in [1.29, 1.82) is 0 Å². The summed E-state index contributed by atoms with van der Waals surface area (Å²) in [5, 5.41) is 0. The van der Waals surface area contributed by atoms with Gasteiger partial charge in [0, 0.05) is 24.2 Å². The number of ketones is 1. The van der Waals surface area contributed by atoms with Gasteiger partial charge >= 0.3 is 0 Å². The third-order valence-electron chi connectivity index (χ3n) is 4.81. The van der Waals surface area contributed by atoms with Gasteiger partial charge in [0.25, 0.3) is 0 Å². The number of hydrogen-bond donors (Lipinski definition) is 0. The molecular weight excluding hydrogens is 436 g/mol. The molecule has 1 heterocycles. The first-order valence-corrected chi connectivity index (χ1v) is 9.36. The van der Waals surface area contributed by atoms with Crippen molar-refractivity contribution in [2.45, 2.75) is 19.3 Å². The lowest BCUT2D eigenvalue weighted by atomic mass is 10.1. The number of carbonyl (C=O) groups excluding carboxylic acids is 1. The van der Waals surface area contributed by atoms with Gasteiger partial charge in [0.2, 0.25) is 0 Å². The lowest BCUT2D eigenvalue weighted by molar-refractivity contribution is 0.100. The van der Waals surface area contributed by atoms with Gasteiger partial charge in [-0.25, -0.2) is 0 Å². The summed E-state index contributed by atoms with van der Waals surface area (Å²) in [6.07, 6.45) is 3.03. The summed E-state index contributed by atoms with van der Waals surface area (Å²) in [6, 6.07) is 12.9. The molecule has 0 aromatic heterocycles. The molecule has 29 heavy (non-hydrogen) atoms. The van der Waals surface area contributed by atoms with E-state index in [0.29, 0.717) is 17.1 Å². The minimum Gasteiger partial charge on any atom is -0.497 e. The number of hydrogen-bond acceptors (Lipinski definition) is 6.